The molecule has 0 aromatic heterocycles. The molecule has 0 fully saturated rings. The molecule has 5 nitrogen and oxygen atoms in total. The second-order valence-electron chi connectivity index (χ2n) is 5.66. The Morgan fingerprint density at radius 3 is 2.67 bits per heavy atom. The van der Waals surface area contributed by atoms with Crippen LogP contribution in [0.3, 0.4) is 0 Å². The fourth-order valence-electron chi connectivity index (χ4n) is 2.79. The molecule has 1 aliphatic rings. The highest BCUT2D eigenvalue weighted by Gasteiger charge is 2.24. The van der Waals surface area contributed by atoms with Crippen molar-refractivity contribution in [2.24, 2.45) is 0 Å². The molecule has 124 valence electrons. The number of carbonyl (C=O) groups is 2. The first-order valence-corrected chi connectivity index (χ1v) is 7.82. The summed E-state index contributed by atoms with van der Waals surface area (Å²) in [4.78, 5) is 26.0. The predicted molar refractivity (Wildman–Crippen MR) is 89.3 cm³/mol. The minimum Gasteiger partial charge on any atom is -0.492 e. The zero-order chi connectivity index (χ0) is 16.9. The largest absolute Gasteiger partial charge is 0.492 e. The van der Waals surface area contributed by atoms with Crippen LogP contribution in [0.2, 0.25) is 0 Å². The van der Waals surface area contributed by atoms with Crippen LogP contribution in [0.25, 0.3) is 0 Å². The number of hydrogen-bond donors (Lipinski definition) is 0. The van der Waals surface area contributed by atoms with E-state index in [0.717, 1.165) is 11.3 Å². The topological polar surface area (TPSA) is 55.8 Å². The molecule has 0 bridgehead atoms. The van der Waals surface area contributed by atoms with Gasteiger partial charge in [0.2, 0.25) is 0 Å². The normalized spacial score (nSPS) is 14.1. The molecule has 1 aliphatic heterocycles. The van der Waals surface area contributed by atoms with Crippen molar-refractivity contribution in [3.63, 3.8) is 0 Å². The number of ketones is 1. The number of ether oxygens (including phenoxy) is 2. The zero-order valence-corrected chi connectivity index (χ0v) is 13.5. The maximum atomic E-state index is 12.3. The number of Topliss-reactive ketones (excluding diaryl/α,β-unsaturated/α-hetero) is 1. The van der Waals surface area contributed by atoms with Crippen LogP contribution < -0.4 is 4.74 Å². The Morgan fingerprint density at radius 2 is 1.92 bits per heavy atom. The van der Waals surface area contributed by atoms with E-state index in [4.69, 9.17) is 9.47 Å². The third kappa shape index (κ3) is 3.63. The third-order valence-electron chi connectivity index (χ3n) is 4.01. The van der Waals surface area contributed by atoms with Gasteiger partial charge in [0.25, 0.3) is 0 Å². The van der Waals surface area contributed by atoms with Crippen molar-refractivity contribution in [2.75, 3.05) is 26.8 Å². The molecule has 0 radical (unpaired) electrons. The van der Waals surface area contributed by atoms with Crippen molar-refractivity contribution >= 4 is 11.8 Å². The number of nitrogens with zero attached hydrogens (tertiary/aromatic N) is 1. The fourth-order valence-corrected chi connectivity index (χ4v) is 2.79. The summed E-state index contributed by atoms with van der Waals surface area (Å²) in [6.07, 6.45) is 0. The highest BCUT2D eigenvalue weighted by molar-refractivity contribution is 6.01. The van der Waals surface area contributed by atoms with Gasteiger partial charge >= 0.3 is 5.97 Å². The van der Waals surface area contributed by atoms with Gasteiger partial charge in [0.1, 0.15) is 12.4 Å². The lowest BCUT2D eigenvalue weighted by atomic mass is 9.96. The Kier molecular flexibility index (Phi) is 4.91. The van der Waals surface area contributed by atoms with Crippen molar-refractivity contribution in [2.45, 2.75) is 6.54 Å². The fraction of sp³-hybridized carbons (Fsp3) is 0.263. The van der Waals surface area contributed by atoms with Crippen molar-refractivity contribution < 1.29 is 19.1 Å². The molecule has 24 heavy (non-hydrogen) atoms. The molecule has 0 N–H and O–H groups in total. The number of benzene rings is 2. The number of para-hydroxylation sites is 1. The lowest BCUT2D eigenvalue weighted by Gasteiger charge is -2.27. The number of rotatable bonds is 5. The maximum absolute atomic E-state index is 12.3. The average molecular weight is 325 g/mol. The van der Waals surface area contributed by atoms with E-state index in [1.54, 1.807) is 18.2 Å². The van der Waals surface area contributed by atoms with Gasteiger partial charge in [-0.25, -0.2) is 4.79 Å². The van der Waals surface area contributed by atoms with E-state index in [9.17, 15) is 9.59 Å². The van der Waals surface area contributed by atoms with Crippen LogP contribution >= 0.6 is 0 Å². The Morgan fingerprint density at radius 1 is 1.12 bits per heavy atom. The molecular weight excluding hydrogens is 306 g/mol. The lowest BCUT2D eigenvalue weighted by molar-refractivity contribution is 0.0599. The zero-order valence-electron chi connectivity index (χ0n) is 13.5. The van der Waals surface area contributed by atoms with Gasteiger partial charge in [0.05, 0.1) is 19.2 Å². The second-order valence-corrected chi connectivity index (χ2v) is 5.66. The smallest absolute Gasteiger partial charge is 0.337 e. The first-order valence-electron chi connectivity index (χ1n) is 7.82. The summed E-state index contributed by atoms with van der Waals surface area (Å²) in [6, 6.07) is 14.7. The SMILES string of the molecule is COC(=O)c1ccc2c(c1)CN(CCOc1ccccc1)CC2=O. The highest BCUT2D eigenvalue weighted by Crippen LogP contribution is 2.21. The molecule has 0 saturated heterocycles. The van der Waals surface area contributed by atoms with Crippen LogP contribution in [0.15, 0.2) is 48.5 Å². The number of fused-ring (bicyclic) bond motifs is 1. The summed E-state index contributed by atoms with van der Waals surface area (Å²) in [5.74, 6) is 0.483. The summed E-state index contributed by atoms with van der Waals surface area (Å²) < 4.78 is 10.4. The molecule has 5 heteroatoms. The summed E-state index contributed by atoms with van der Waals surface area (Å²) in [5.41, 5.74) is 2.00. The molecule has 0 saturated carbocycles. The van der Waals surface area contributed by atoms with Crippen LogP contribution in [0.5, 0.6) is 5.75 Å². The van der Waals surface area contributed by atoms with Gasteiger partial charge in [-0.1, -0.05) is 24.3 Å². The van der Waals surface area contributed by atoms with E-state index in [-0.39, 0.29) is 5.78 Å². The van der Waals surface area contributed by atoms with Gasteiger partial charge < -0.3 is 9.47 Å². The van der Waals surface area contributed by atoms with Crippen molar-refractivity contribution in [3.8, 4) is 5.75 Å². The molecule has 2 aromatic rings. The Bertz CT molecular complexity index is 742. The first kappa shape index (κ1) is 16.2. The molecule has 0 unspecified atom stereocenters. The quantitative estimate of drug-likeness (QED) is 0.791. The van der Waals surface area contributed by atoms with Crippen LogP contribution in [-0.2, 0) is 11.3 Å². The molecule has 0 spiro atoms. The lowest BCUT2D eigenvalue weighted by Crippen LogP contribution is -2.37. The minimum atomic E-state index is -0.394. The molecule has 2 aromatic carbocycles. The summed E-state index contributed by atoms with van der Waals surface area (Å²) >= 11 is 0. The average Bonchev–Trinajstić information content (AvgIpc) is 2.61. The number of carbonyl (C=O) groups excluding carboxylic acids is 2. The second kappa shape index (κ2) is 7.27. The maximum Gasteiger partial charge on any atom is 0.337 e. The summed E-state index contributed by atoms with van der Waals surface area (Å²) in [6.45, 7) is 2.12. The van der Waals surface area contributed by atoms with Gasteiger partial charge in [0.15, 0.2) is 5.78 Å². The first-order chi connectivity index (χ1) is 11.7. The minimum absolute atomic E-state index is 0.0624. The summed E-state index contributed by atoms with van der Waals surface area (Å²) in [7, 11) is 1.35. The number of hydrogen-bond acceptors (Lipinski definition) is 5. The molecule has 3 rings (SSSR count). The Labute approximate surface area is 140 Å². The van der Waals surface area contributed by atoms with E-state index in [2.05, 4.69) is 0 Å². The molecule has 0 aliphatic carbocycles. The standard InChI is InChI=1S/C19H19NO4/c1-23-19(22)14-7-8-17-15(11-14)12-20(13-18(17)21)9-10-24-16-5-3-2-4-6-16/h2-8,11H,9-10,12-13H2,1H3. The van der Waals surface area contributed by atoms with E-state index >= 15 is 0 Å². The van der Waals surface area contributed by atoms with E-state index < -0.39 is 5.97 Å². The third-order valence-corrected chi connectivity index (χ3v) is 4.01. The van der Waals surface area contributed by atoms with E-state index in [1.807, 2.05) is 35.2 Å². The van der Waals surface area contributed by atoms with Gasteiger partial charge in [-0.3, -0.25) is 9.69 Å². The molecule has 1 heterocycles. The Hall–Kier alpha value is -2.66. The predicted octanol–water partition coefficient (Wildman–Crippen LogP) is 2.55. The van der Waals surface area contributed by atoms with Gasteiger partial charge in [0, 0.05) is 18.7 Å². The number of methoxy groups -OCH3 is 1. The van der Waals surface area contributed by atoms with Crippen molar-refractivity contribution in [1.82, 2.24) is 4.90 Å². The van der Waals surface area contributed by atoms with Crippen LogP contribution in [-0.4, -0.2) is 43.5 Å². The molecular formula is C19H19NO4. The Balaban J connectivity index is 1.64. The van der Waals surface area contributed by atoms with E-state index in [1.165, 1.54) is 7.11 Å². The molecule has 0 atom stereocenters. The van der Waals surface area contributed by atoms with Crippen LogP contribution in [0.4, 0.5) is 0 Å². The summed E-state index contributed by atoms with van der Waals surface area (Å²) in [5, 5.41) is 0. The van der Waals surface area contributed by atoms with Gasteiger partial charge in [-0.15, -0.1) is 0 Å². The molecule has 0 amide bonds. The van der Waals surface area contributed by atoms with Crippen LogP contribution in [0, 0.1) is 0 Å². The van der Waals surface area contributed by atoms with Gasteiger partial charge in [-0.2, -0.15) is 0 Å². The number of esters is 1. The van der Waals surface area contributed by atoms with Crippen LogP contribution in [0.1, 0.15) is 26.3 Å². The van der Waals surface area contributed by atoms with Gasteiger partial charge in [-0.05, 0) is 29.8 Å². The monoisotopic (exact) mass is 325 g/mol. The highest BCUT2D eigenvalue weighted by atomic mass is 16.5. The van der Waals surface area contributed by atoms with Crippen molar-refractivity contribution in [3.05, 3.63) is 65.2 Å². The van der Waals surface area contributed by atoms with Crippen molar-refractivity contribution in [1.29, 1.82) is 0 Å². The van der Waals surface area contributed by atoms with E-state index in [0.29, 0.717) is 37.4 Å².